The summed E-state index contributed by atoms with van der Waals surface area (Å²) in [4.78, 5) is 35.6. The predicted octanol–water partition coefficient (Wildman–Crippen LogP) is 2.83. The smallest absolute Gasteiger partial charge is 0.408 e. The van der Waals surface area contributed by atoms with Crippen LogP contribution in [0.25, 0.3) is 11.1 Å². The number of carbonyl (C=O) groups is 2. The van der Waals surface area contributed by atoms with Gasteiger partial charge in [0.25, 0.3) is 0 Å². The number of rotatable bonds is 5. The molecule has 0 bridgehead atoms. The molecule has 122 valence electrons. The van der Waals surface area contributed by atoms with E-state index in [-0.39, 0.29) is 24.7 Å². The Morgan fingerprint density at radius 2 is 1.79 bits per heavy atom. The molecular weight excluding hydrogens is 308 g/mol. The summed E-state index contributed by atoms with van der Waals surface area (Å²) < 4.78 is 6.55. The van der Waals surface area contributed by atoms with Crippen molar-refractivity contribution in [1.82, 2.24) is 4.57 Å². The van der Waals surface area contributed by atoms with Crippen molar-refractivity contribution in [3.8, 4) is 0 Å². The van der Waals surface area contributed by atoms with E-state index < -0.39 is 5.76 Å². The Labute approximate surface area is 137 Å². The number of nitrogens with zero attached hydrogens (tertiary/aromatic N) is 1. The van der Waals surface area contributed by atoms with Crippen molar-refractivity contribution in [3.05, 3.63) is 64.6 Å². The molecule has 0 fully saturated rings. The van der Waals surface area contributed by atoms with Gasteiger partial charge in [0.05, 0.1) is 11.2 Å². The van der Waals surface area contributed by atoms with E-state index in [0.29, 0.717) is 22.4 Å². The molecule has 0 spiro atoms. The van der Waals surface area contributed by atoms with Gasteiger partial charge in [-0.2, -0.15) is 0 Å². The van der Waals surface area contributed by atoms with Crippen LogP contribution >= 0.6 is 0 Å². The second-order valence-electron chi connectivity index (χ2n) is 5.39. The molecule has 2 aromatic carbocycles. The molecule has 0 saturated heterocycles. The number of carbonyl (C=O) groups excluding carboxylic acids is 2. The summed E-state index contributed by atoms with van der Waals surface area (Å²) in [5.74, 6) is -0.892. The zero-order valence-corrected chi connectivity index (χ0v) is 13.1. The van der Waals surface area contributed by atoms with E-state index in [1.807, 2.05) is 0 Å². The van der Waals surface area contributed by atoms with Crippen LogP contribution in [0.5, 0.6) is 0 Å². The Bertz CT molecular complexity index is 968. The maximum absolute atomic E-state index is 12.2. The summed E-state index contributed by atoms with van der Waals surface area (Å²) in [5.41, 5.74) is 2.07. The van der Waals surface area contributed by atoms with Gasteiger partial charge in [0.2, 0.25) is 5.91 Å². The van der Waals surface area contributed by atoms with Crippen molar-refractivity contribution in [2.45, 2.75) is 19.9 Å². The van der Waals surface area contributed by atoms with Crippen LogP contribution < -0.4 is 11.1 Å². The third-order valence-electron chi connectivity index (χ3n) is 3.72. The van der Waals surface area contributed by atoms with E-state index in [1.165, 1.54) is 11.5 Å². The Kier molecular flexibility index (Phi) is 4.29. The Balaban J connectivity index is 1.73. The van der Waals surface area contributed by atoms with E-state index >= 15 is 0 Å². The van der Waals surface area contributed by atoms with Crippen LogP contribution in [0.4, 0.5) is 5.69 Å². The van der Waals surface area contributed by atoms with Gasteiger partial charge in [0.1, 0.15) is 0 Å². The predicted molar refractivity (Wildman–Crippen MR) is 90.2 cm³/mol. The van der Waals surface area contributed by atoms with Crippen LogP contribution in [0, 0.1) is 0 Å². The third-order valence-corrected chi connectivity index (χ3v) is 3.72. The number of oxazole rings is 1. The van der Waals surface area contributed by atoms with Crippen LogP contribution in [0.1, 0.15) is 23.7 Å². The first-order valence-corrected chi connectivity index (χ1v) is 7.54. The zero-order chi connectivity index (χ0) is 17.1. The lowest BCUT2D eigenvalue weighted by Gasteiger charge is -2.09. The maximum atomic E-state index is 12.2. The average Bonchev–Trinajstić information content (AvgIpc) is 2.88. The quantitative estimate of drug-likeness (QED) is 0.732. The molecule has 24 heavy (non-hydrogen) atoms. The molecule has 6 heteroatoms. The SMILES string of the molecule is CC(=O)c1ccccc1NC(=O)CCn1c(=O)oc2ccccc21. The van der Waals surface area contributed by atoms with Gasteiger partial charge in [-0.25, -0.2) is 4.79 Å². The number of anilines is 1. The first-order chi connectivity index (χ1) is 11.6. The molecule has 0 radical (unpaired) electrons. The number of hydrogen-bond acceptors (Lipinski definition) is 4. The van der Waals surface area contributed by atoms with Gasteiger partial charge in [0.15, 0.2) is 11.4 Å². The molecule has 1 heterocycles. The van der Waals surface area contributed by atoms with Gasteiger partial charge < -0.3 is 9.73 Å². The molecule has 3 rings (SSSR count). The summed E-state index contributed by atoms with van der Waals surface area (Å²) in [5, 5.41) is 2.72. The molecule has 1 N–H and O–H groups in total. The summed E-state index contributed by atoms with van der Waals surface area (Å²) in [6.45, 7) is 1.64. The van der Waals surface area contributed by atoms with E-state index in [1.54, 1.807) is 48.5 Å². The second-order valence-corrected chi connectivity index (χ2v) is 5.39. The van der Waals surface area contributed by atoms with Crippen LogP contribution in [-0.2, 0) is 11.3 Å². The monoisotopic (exact) mass is 324 g/mol. The maximum Gasteiger partial charge on any atom is 0.419 e. The zero-order valence-electron chi connectivity index (χ0n) is 13.1. The first-order valence-electron chi connectivity index (χ1n) is 7.54. The molecule has 3 aromatic rings. The van der Waals surface area contributed by atoms with Gasteiger partial charge in [-0.05, 0) is 31.2 Å². The fraction of sp³-hybridized carbons (Fsp3) is 0.167. The van der Waals surface area contributed by atoms with Crippen molar-refractivity contribution < 1.29 is 14.0 Å². The van der Waals surface area contributed by atoms with E-state index in [9.17, 15) is 14.4 Å². The first kappa shape index (κ1) is 15.7. The molecule has 0 saturated carbocycles. The normalized spacial score (nSPS) is 10.7. The lowest BCUT2D eigenvalue weighted by Crippen LogP contribution is -2.20. The molecule has 0 unspecified atom stereocenters. The van der Waals surface area contributed by atoms with Crippen LogP contribution in [-0.4, -0.2) is 16.3 Å². The van der Waals surface area contributed by atoms with Crippen LogP contribution in [0.15, 0.2) is 57.7 Å². The molecule has 0 atom stereocenters. The highest BCUT2D eigenvalue weighted by Crippen LogP contribution is 2.16. The number of aromatic nitrogens is 1. The fourth-order valence-corrected chi connectivity index (χ4v) is 2.55. The van der Waals surface area contributed by atoms with Gasteiger partial charge >= 0.3 is 5.76 Å². The Morgan fingerprint density at radius 3 is 2.58 bits per heavy atom. The highest BCUT2D eigenvalue weighted by molar-refractivity contribution is 6.03. The molecule has 1 aromatic heterocycles. The molecule has 0 aliphatic rings. The van der Waals surface area contributed by atoms with Crippen molar-refractivity contribution in [1.29, 1.82) is 0 Å². The number of ketones is 1. The second kappa shape index (κ2) is 6.54. The molecule has 6 nitrogen and oxygen atoms in total. The van der Waals surface area contributed by atoms with Crippen LogP contribution in [0.3, 0.4) is 0 Å². The number of amides is 1. The topological polar surface area (TPSA) is 81.3 Å². The van der Waals surface area contributed by atoms with Crippen molar-refractivity contribution >= 4 is 28.5 Å². The number of fused-ring (bicyclic) bond motifs is 1. The summed E-state index contributed by atoms with van der Waals surface area (Å²) in [6, 6.07) is 13.9. The number of benzene rings is 2. The van der Waals surface area contributed by atoms with Crippen molar-refractivity contribution in [3.63, 3.8) is 0 Å². The summed E-state index contributed by atoms with van der Waals surface area (Å²) >= 11 is 0. The Hall–Kier alpha value is -3.15. The highest BCUT2D eigenvalue weighted by atomic mass is 16.4. The molecule has 0 aliphatic heterocycles. The number of nitrogens with one attached hydrogen (secondary N) is 1. The largest absolute Gasteiger partial charge is 0.419 e. The summed E-state index contributed by atoms with van der Waals surface area (Å²) in [6.07, 6.45) is 0.0929. The standard InChI is InChI=1S/C18H16N2O4/c1-12(21)13-6-2-3-7-14(13)19-17(22)10-11-20-15-8-4-5-9-16(15)24-18(20)23/h2-9H,10-11H2,1H3,(H,19,22). The molecule has 0 aliphatic carbocycles. The highest BCUT2D eigenvalue weighted by Gasteiger charge is 2.12. The van der Waals surface area contributed by atoms with Gasteiger partial charge in [-0.1, -0.05) is 24.3 Å². The van der Waals surface area contributed by atoms with Crippen molar-refractivity contribution in [2.24, 2.45) is 0 Å². The minimum atomic E-state index is -0.492. The number of aryl methyl sites for hydroxylation is 1. The molecular formula is C18H16N2O4. The third kappa shape index (κ3) is 3.12. The van der Waals surface area contributed by atoms with E-state index in [0.717, 1.165) is 0 Å². The molecule has 1 amide bonds. The number of hydrogen-bond donors (Lipinski definition) is 1. The van der Waals surface area contributed by atoms with Crippen molar-refractivity contribution in [2.75, 3.05) is 5.32 Å². The van der Waals surface area contributed by atoms with Crippen LogP contribution in [0.2, 0.25) is 0 Å². The minimum absolute atomic E-state index is 0.0929. The summed E-state index contributed by atoms with van der Waals surface area (Å²) in [7, 11) is 0. The number of para-hydroxylation sites is 3. The number of Topliss-reactive ketones (excluding diaryl/α,β-unsaturated/α-hetero) is 1. The Morgan fingerprint density at radius 1 is 1.08 bits per heavy atom. The van der Waals surface area contributed by atoms with Gasteiger partial charge in [-0.3, -0.25) is 14.2 Å². The van der Waals surface area contributed by atoms with E-state index in [4.69, 9.17) is 4.42 Å². The lowest BCUT2D eigenvalue weighted by molar-refractivity contribution is -0.116. The average molecular weight is 324 g/mol. The van der Waals surface area contributed by atoms with Gasteiger partial charge in [-0.15, -0.1) is 0 Å². The minimum Gasteiger partial charge on any atom is -0.408 e. The van der Waals surface area contributed by atoms with Gasteiger partial charge in [0, 0.05) is 18.5 Å². The lowest BCUT2D eigenvalue weighted by atomic mass is 10.1. The fourth-order valence-electron chi connectivity index (χ4n) is 2.55. The van der Waals surface area contributed by atoms with E-state index in [2.05, 4.69) is 5.32 Å².